The van der Waals surface area contributed by atoms with Gasteiger partial charge in [-0.2, -0.15) is 0 Å². The topological polar surface area (TPSA) is 112 Å². The Morgan fingerprint density at radius 2 is 1.57 bits per heavy atom. The Kier molecular flexibility index (Phi) is 7.75. The fourth-order valence-electron chi connectivity index (χ4n) is 4.28. The zero-order chi connectivity index (χ0) is 22.6. The minimum atomic E-state index is -1.30. The van der Waals surface area contributed by atoms with Gasteiger partial charge in [0.2, 0.25) is 0 Å². The minimum Gasteiger partial charge on any atom is -0.468 e. The highest BCUT2D eigenvalue weighted by molar-refractivity contribution is 6.10. The molecule has 0 saturated carbocycles. The van der Waals surface area contributed by atoms with Crippen LogP contribution in [0.25, 0.3) is 0 Å². The molecule has 0 spiro atoms. The van der Waals surface area contributed by atoms with Crippen LogP contribution in [0.2, 0.25) is 0 Å². The third-order valence-electron chi connectivity index (χ3n) is 5.50. The number of esters is 3. The number of hydrogen-bond acceptors (Lipinski definition) is 8. The van der Waals surface area contributed by atoms with Gasteiger partial charge in [0.05, 0.1) is 19.8 Å². The van der Waals surface area contributed by atoms with Crippen molar-refractivity contribution in [2.45, 2.75) is 34.1 Å². The van der Waals surface area contributed by atoms with Crippen LogP contribution in [0.15, 0.2) is 16.3 Å². The first-order chi connectivity index (χ1) is 14.1. The van der Waals surface area contributed by atoms with Crippen molar-refractivity contribution in [1.29, 1.82) is 0 Å². The van der Waals surface area contributed by atoms with E-state index < -0.39 is 36.4 Å². The van der Waals surface area contributed by atoms with Crippen molar-refractivity contribution in [3.8, 4) is 0 Å². The molecule has 0 aromatic carbocycles. The second-order valence-electron chi connectivity index (χ2n) is 8.07. The highest BCUT2D eigenvalue weighted by atomic mass is 16.5. The van der Waals surface area contributed by atoms with Crippen LogP contribution in [0, 0.1) is 23.7 Å². The van der Waals surface area contributed by atoms with Crippen molar-refractivity contribution in [3.05, 3.63) is 11.3 Å². The van der Waals surface area contributed by atoms with E-state index in [9.17, 15) is 19.2 Å². The van der Waals surface area contributed by atoms with E-state index in [1.165, 1.54) is 14.2 Å². The van der Waals surface area contributed by atoms with E-state index in [0.717, 1.165) is 6.42 Å². The first kappa shape index (κ1) is 23.6. The number of carbonyl (C=O) groups is 4. The fourth-order valence-corrected chi connectivity index (χ4v) is 4.28. The van der Waals surface area contributed by atoms with Crippen LogP contribution in [0.4, 0.5) is 0 Å². The van der Waals surface area contributed by atoms with E-state index in [2.05, 4.69) is 18.8 Å². The van der Waals surface area contributed by atoms with E-state index in [4.69, 9.17) is 14.2 Å². The maximum absolute atomic E-state index is 13.0. The standard InChI is InChI=1S/C21H30N2O7/c1-11-7-12(2)9-23(8-11)15(24)10-30-21(27)18-16(19(25)28-5)13(3)22-14(4)17(18)20(26)29-6/h11-12,16,18H,7-10H2,1-6H3/t11-,12-,16?,18+/m0/s1. The molecule has 0 bridgehead atoms. The Labute approximate surface area is 176 Å². The van der Waals surface area contributed by atoms with Gasteiger partial charge in [0.15, 0.2) is 6.61 Å². The molecular formula is C21H30N2O7. The summed E-state index contributed by atoms with van der Waals surface area (Å²) in [4.78, 5) is 56.1. The van der Waals surface area contributed by atoms with Gasteiger partial charge < -0.3 is 19.1 Å². The van der Waals surface area contributed by atoms with Gasteiger partial charge in [-0.1, -0.05) is 13.8 Å². The van der Waals surface area contributed by atoms with Crippen LogP contribution >= 0.6 is 0 Å². The number of aliphatic imine (C=N–C) groups is 1. The van der Waals surface area contributed by atoms with Crippen molar-refractivity contribution < 1.29 is 33.4 Å². The molecule has 0 aromatic heterocycles. The Balaban J connectivity index is 2.22. The van der Waals surface area contributed by atoms with Gasteiger partial charge in [-0.25, -0.2) is 4.79 Å². The molecule has 2 aliphatic rings. The molecule has 0 aliphatic carbocycles. The lowest BCUT2D eigenvalue weighted by molar-refractivity contribution is -0.160. The lowest BCUT2D eigenvalue weighted by atomic mass is 9.80. The molecular weight excluding hydrogens is 392 g/mol. The molecule has 1 unspecified atom stereocenters. The lowest BCUT2D eigenvalue weighted by Gasteiger charge is -2.35. The maximum atomic E-state index is 13.0. The monoisotopic (exact) mass is 422 g/mol. The second-order valence-corrected chi connectivity index (χ2v) is 8.07. The van der Waals surface area contributed by atoms with E-state index in [1.54, 1.807) is 18.7 Å². The summed E-state index contributed by atoms with van der Waals surface area (Å²) in [6.07, 6.45) is 1.04. The predicted octanol–water partition coefficient (Wildman–Crippen LogP) is 1.36. The Hall–Kier alpha value is -2.71. The quantitative estimate of drug-likeness (QED) is 0.486. The van der Waals surface area contributed by atoms with Crippen LogP contribution in [0.3, 0.4) is 0 Å². The third kappa shape index (κ3) is 5.06. The number of likely N-dealkylation sites (tertiary alicyclic amines) is 1. The zero-order valence-corrected chi connectivity index (χ0v) is 18.4. The van der Waals surface area contributed by atoms with E-state index in [-0.39, 0.29) is 17.2 Å². The SMILES string of the molecule is COC(=O)C1=C(C)N=C(C)C(C(=O)OC)[C@H]1C(=O)OCC(=O)N1C[C@@H](C)C[C@H](C)C1. The predicted molar refractivity (Wildman–Crippen MR) is 107 cm³/mol. The van der Waals surface area contributed by atoms with Crippen molar-refractivity contribution in [2.75, 3.05) is 33.9 Å². The molecule has 1 saturated heterocycles. The van der Waals surface area contributed by atoms with E-state index in [0.29, 0.717) is 30.6 Å². The second kappa shape index (κ2) is 9.86. The van der Waals surface area contributed by atoms with Gasteiger partial charge in [0.25, 0.3) is 5.91 Å². The summed E-state index contributed by atoms with van der Waals surface area (Å²) >= 11 is 0. The summed E-state index contributed by atoms with van der Waals surface area (Å²) in [6, 6.07) is 0. The number of rotatable bonds is 5. The van der Waals surface area contributed by atoms with Gasteiger partial charge in [-0.3, -0.25) is 19.4 Å². The first-order valence-corrected chi connectivity index (χ1v) is 9.97. The van der Waals surface area contributed by atoms with Crippen molar-refractivity contribution in [1.82, 2.24) is 4.90 Å². The normalized spacial score (nSPS) is 26.6. The van der Waals surface area contributed by atoms with Crippen molar-refractivity contribution in [3.63, 3.8) is 0 Å². The highest BCUT2D eigenvalue weighted by Gasteiger charge is 2.46. The summed E-state index contributed by atoms with van der Waals surface area (Å²) in [5.74, 6) is -4.39. The molecule has 2 aliphatic heterocycles. The van der Waals surface area contributed by atoms with Crippen LogP contribution in [0.1, 0.15) is 34.1 Å². The summed E-state index contributed by atoms with van der Waals surface area (Å²) in [6.45, 7) is 8.01. The van der Waals surface area contributed by atoms with Gasteiger partial charge in [0, 0.05) is 24.5 Å². The van der Waals surface area contributed by atoms with Crippen LogP contribution in [0.5, 0.6) is 0 Å². The average molecular weight is 422 g/mol. The molecule has 166 valence electrons. The number of carbonyl (C=O) groups excluding carboxylic acids is 4. The lowest BCUT2D eigenvalue weighted by Crippen LogP contribution is -2.46. The Morgan fingerprint density at radius 3 is 2.10 bits per heavy atom. The number of methoxy groups -OCH3 is 2. The van der Waals surface area contributed by atoms with Crippen molar-refractivity contribution >= 4 is 29.5 Å². The smallest absolute Gasteiger partial charge is 0.336 e. The summed E-state index contributed by atoms with van der Waals surface area (Å²) in [5, 5.41) is 0. The summed E-state index contributed by atoms with van der Waals surface area (Å²) in [5.41, 5.74) is 0.501. The molecule has 1 fully saturated rings. The Morgan fingerprint density at radius 1 is 0.967 bits per heavy atom. The summed E-state index contributed by atoms with van der Waals surface area (Å²) < 4.78 is 14.9. The highest BCUT2D eigenvalue weighted by Crippen LogP contribution is 2.33. The van der Waals surface area contributed by atoms with Crippen LogP contribution in [-0.4, -0.2) is 68.3 Å². The Bertz CT molecular complexity index is 776. The minimum absolute atomic E-state index is 0.0730. The third-order valence-corrected chi connectivity index (χ3v) is 5.50. The number of hydrogen-bond donors (Lipinski definition) is 0. The van der Waals surface area contributed by atoms with Gasteiger partial charge >= 0.3 is 17.9 Å². The van der Waals surface area contributed by atoms with Gasteiger partial charge in [0.1, 0.15) is 11.8 Å². The molecule has 2 rings (SSSR count). The van der Waals surface area contributed by atoms with Gasteiger partial charge in [-0.15, -0.1) is 0 Å². The molecule has 0 aromatic rings. The molecule has 0 radical (unpaired) electrons. The fraction of sp³-hybridized carbons (Fsp3) is 0.667. The molecule has 1 amide bonds. The molecule has 9 heteroatoms. The first-order valence-electron chi connectivity index (χ1n) is 9.97. The molecule has 4 atom stereocenters. The van der Waals surface area contributed by atoms with E-state index in [1.807, 2.05) is 0 Å². The number of nitrogens with zero attached hydrogens (tertiary/aromatic N) is 2. The molecule has 0 N–H and O–H groups in total. The molecule has 2 heterocycles. The number of ether oxygens (including phenoxy) is 3. The largest absolute Gasteiger partial charge is 0.468 e. The van der Waals surface area contributed by atoms with Crippen LogP contribution in [-0.2, 0) is 33.4 Å². The van der Waals surface area contributed by atoms with Crippen LogP contribution < -0.4 is 0 Å². The van der Waals surface area contributed by atoms with Crippen molar-refractivity contribution in [2.24, 2.45) is 28.7 Å². The molecule has 9 nitrogen and oxygen atoms in total. The van der Waals surface area contributed by atoms with Gasteiger partial charge in [-0.05, 0) is 32.1 Å². The number of allylic oxidation sites excluding steroid dienone is 1. The van der Waals surface area contributed by atoms with E-state index >= 15 is 0 Å². The average Bonchev–Trinajstić information content (AvgIpc) is 2.69. The zero-order valence-electron chi connectivity index (χ0n) is 18.4. The molecule has 30 heavy (non-hydrogen) atoms. The summed E-state index contributed by atoms with van der Waals surface area (Å²) in [7, 11) is 2.36. The number of amides is 1. The maximum Gasteiger partial charge on any atom is 0.336 e. The number of piperidine rings is 1.